The van der Waals surface area contributed by atoms with Crippen LogP contribution < -0.4 is 14.8 Å². The Morgan fingerprint density at radius 1 is 1.29 bits per heavy atom. The van der Waals surface area contributed by atoms with Crippen LogP contribution in [-0.2, 0) is 0 Å². The van der Waals surface area contributed by atoms with Gasteiger partial charge in [-0.25, -0.2) is 4.98 Å². The number of nitrogens with one attached hydrogen (secondary N) is 1. The van der Waals surface area contributed by atoms with Gasteiger partial charge >= 0.3 is 0 Å². The van der Waals surface area contributed by atoms with Crippen LogP contribution in [0.2, 0.25) is 0 Å². The molecule has 0 radical (unpaired) electrons. The maximum atomic E-state index is 12.5. The number of fused-ring (bicyclic) bond motifs is 1. The van der Waals surface area contributed by atoms with Gasteiger partial charge in [-0.3, -0.25) is 14.9 Å². The zero-order valence-electron chi connectivity index (χ0n) is 14.6. The average Bonchev–Trinajstić information content (AvgIpc) is 3.26. The van der Waals surface area contributed by atoms with E-state index in [0.717, 1.165) is 0 Å². The number of benzene rings is 2. The molecule has 1 aliphatic rings. The lowest BCUT2D eigenvalue weighted by atomic mass is 10.1. The third kappa shape index (κ3) is 3.50. The minimum atomic E-state index is -0.527. The van der Waals surface area contributed by atoms with Crippen LogP contribution >= 0.6 is 0 Å². The second-order valence-corrected chi connectivity index (χ2v) is 6.14. The minimum absolute atomic E-state index is 0.183. The van der Waals surface area contributed by atoms with Gasteiger partial charge < -0.3 is 19.4 Å². The Labute approximate surface area is 159 Å². The summed E-state index contributed by atoms with van der Waals surface area (Å²) in [5.74, 6) is 0.854. The fraction of sp³-hybridized carbons (Fsp3) is 0.158. The summed E-state index contributed by atoms with van der Waals surface area (Å²) in [6, 6.07) is 11.6. The standard InChI is InChI=1S/C19H16N4O5/c24-19(21-10-14-11-27-17-3-1-2-4-18(17)28-14)13-5-6-15(16(9-13)23(25)26)22-8-7-20-12-22/h1-9,12,14H,10-11H2,(H,21,24). The predicted molar refractivity (Wildman–Crippen MR) is 98.9 cm³/mol. The molecule has 9 nitrogen and oxygen atoms in total. The van der Waals surface area contributed by atoms with Gasteiger partial charge in [-0.15, -0.1) is 0 Å². The van der Waals surface area contributed by atoms with Crippen LogP contribution in [0.1, 0.15) is 10.4 Å². The fourth-order valence-corrected chi connectivity index (χ4v) is 2.90. The molecule has 0 saturated heterocycles. The largest absolute Gasteiger partial charge is 0.486 e. The number of nitrogens with zero attached hydrogens (tertiary/aromatic N) is 3. The SMILES string of the molecule is O=C(NCC1COc2ccccc2O1)c1ccc(-n2ccnc2)c([N+](=O)[O-])c1. The molecule has 0 bridgehead atoms. The van der Waals surface area contributed by atoms with Gasteiger partial charge in [0, 0.05) is 24.0 Å². The number of aromatic nitrogens is 2. The van der Waals surface area contributed by atoms with Crippen LogP contribution in [-0.4, -0.2) is 39.6 Å². The second-order valence-electron chi connectivity index (χ2n) is 6.14. The van der Waals surface area contributed by atoms with E-state index in [9.17, 15) is 14.9 Å². The van der Waals surface area contributed by atoms with Crippen LogP contribution in [0.3, 0.4) is 0 Å². The van der Waals surface area contributed by atoms with Crippen LogP contribution in [0.4, 0.5) is 5.69 Å². The van der Waals surface area contributed by atoms with Gasteiger partial charge in [0.15, 0.2) is 11.5 Å². The van der Waals surface area contributed by atoms with Crippen molar-refractivity contribution in [2.24, 2.45) is 0 Å². The first kappa shape index (κ1) is 17.5. The molecule has 28 heavy (non-hydrogen) atoms. The van der Waals surface area contributed by atoms with E-state index in [4.69, 9.17) is 9.47 Å². The highest BCUT2D eigenvalue weighted by molar-refractivity contribution is 5.95. The Balaban J connectivity index is 1.45. The van der Waals surface area contributed by atoms with E-state index in [0.29, 0.717) is 23.8 Å². The Hall–Kier alpha value is -3.88. The van der Waals surface area contributed by atoms with Crippen molar-refractivity contribution in [3.05, 3.63) is 76.9 Å². The molecule has 1 atom stereocenters. The van der Waals surface area contributed by atoms with E-state index in [2.05, 4.69) is 10.3 Å². The average molecular weight is 380 g/mol. The lowest BCUT2D eigenvalue weighted by molar-refractivity contribution is -0.384. The molecule has 1 aliphatic heterocycles. The van der Waals surface area contributed by atoms with Gasteiger partial charge in [0.05, 0.1) is 17.8 Å². The highest BCUT2D eigenvalue weighted by Gasteiger charge is 2.23. The summed E-state index contributed by atoms with van der Waals surface area (Å²) in [5, 5.41) is 14.2. The molecule has 142 valence electrons. The number of nitro benzene ring substituents is 1. The summed E-state index contributed by atoms with van der Waals surface area (Å²) >= 11 is 0. The number of ether oxygens (including phenoxy) is 2. The summed E-state index contributed by atoms with van der Waals surface area (Å²) < 4.78 is 12.9. The summed E-state index contributed by atoms with van der Waals surface area (Å²) in [6.07, 6.45) is 4.23. The van der Waals surface area contributed by atoms with Crippen molar-refractivity contribution in [2.45, 2.75) is 6.10 Å². The lowest BCUT2D eigenvalue weighted by Gasteiger charge is -2.26. The highest BCUT2D eigenvalue weighted by atomic mass is 16.6. The minimum Gasteiger partial charge on any atom is -0.486 e. The van der Waals surface area contributed by atoms with E-state index in [-0.39, 0.29) is 23.9 Å². The molecule has 0 fully saturated rings. The van der Waals surface area contributed by atoms with Crippen molar-refractivity contribution in [1.82, 2.24) is 14.9 Å². The van der Waals surface area contributed by atoms with Gasteiger partial charge in [0.2, 0.25) is 0 Å². The molecule has 1 amide bonds. The first-order valence-corrected chi connectivity index (χ1v) is 8.55. The first-order chi connectivity index (χ1) is 13.6. The van der Waals surface area contributed by atoms with Crippen molar-refractivity contribution in [3.63, 3.8) is 0 Å². The second kappa shape index (κ2) is 7.39. The summed E-state index contributed by atoms with van der Waals surface area (Å²) in [7, 11) is 0. The quantitative estimate of drug-likeness (QED) is 0.538. The molecular weight excluding hydrogens is 364 g/mol. The number of carbonyl (C=O) groups excluding carboxylic acids is 1. The van der Waals surface area contributed by atoms with Gasteiger partial charge in [-0.05, 0) is 24.3 Å². The normalized spacial score (nSPS) is 15.1. The maximum absolute atomic E-state index is 12.5. The molecule has 0 saturated carbocycles. The Morgan fingerprint density at radius 3 is 2.86 bits per heavy atom. The molecular formula is C19H16N4O5. The van der Waals surface area contributed by atoms with Gasteiger partial charge in [-0.2, -0.15) is 0 Å². The molecule has 1 aromatic heterocycles. The van der Waals surface area contributed by atoms with Gasteiger partial charge in [-0.1, -0.05) is 12.1 Å². The topological polar surface area (TPSA) is 109 Å². The predicted octanol–water partition coefficient (Wildman–Crippen LogP) is 2.35. The van der Waals surface area contributed by atoms with Crippen LogP contribution in [0.15, 0.2) is 61.2 Å². The third-order valence-corrected chi connectivity index (χ3v) is 4.27. The number of carbonyl (C=O) groups is 1. The van der Waals surface area contributed by atoms with Crippen molar-refractivity contribution >= 4 is 11.6 Å². The Morgan fingerprint density at radius 2 is 2.11 bits per heavy atom. The van der Waals surface area contributed by atoms with Crippen LogP contribution in [0, 0.1) is 10.1 Å². The lowest BCUT2D eigenvalue weighted by Crippen LogP contribution is -2.40. The monoisotopic (exact) mass is 380 g/mol. The molecule has 4 rings (SSSR count). The van der Waals surface area contributed by atoms with Gasteiger partial charge in [0.1, 0.15) is 18.4 Å². The van der Waals surface area contributed by atoms with Crippen molar-refractivity contribution < 1.29 is 19.2 Å². The number of amides is 1. The number of para-hydroxylation sites is 2. The number of hydrogen-bond donors (Lipinski definition) is 1. The van der Waals surface area contributed by atoms with Crippen molar-refractivity contribution in [3.8, 4) is 17.2 Å². The van der Waals surface area contributed by atoms with Crippen LogP contribution in [0.5, 0.6) is 11.5 Å². The maximum Gasteiger partial charge on any atom is 0.294 e. The smallest absolute Gasteiger partial charge is 0.294 e. The molecule has 9 heteroatoms. The van der Waals surface area contributed by atoms with Crippen LogP contribution in [0.25, 0.3) is 5.69 Å². The Bertz CT molecular complexity index is 1020. The van der Waals surface area contributed by atoms with E-state index in [1.54, 1.807) is 12.3 Å². The van der Waals surface area contributed by atoms with E-state index in [1.807, 2.05) is 18.2 Å². The molecule has 1 unspecified atom stereocenters. The molecule has 1 N–H and O–H groups in total. The molecule has 3 aromatic rings. The van der Waals surface area contributed by atoms with Crippen molar-refractivity contribution in [2.75, 3.05) is 13.2 Å². The zero-order chi connectivity index (χ0) is 19.5. The molecule has 0 spiro atoms. The highest BCUT2D eigenvalue weighted by Crippen LogP contribution is 2.30. The molecule has 0 aliphatic carbocycles. The summed E-state index contributed by atoms with van der Waals surface area (Å²) in [6.45, 7) is 0.515. The van der Waals surface area contributed by atoms with Crippen molar-refractivity contribution in [1.29, 1.82) is 0 Å². The summed E-state index contributed by atoms with van der Waals surface area (Å²) in [5.41, 5.74) is 0.337. The first-order valence-electron chi connectivity index (χ1n) is 8.55. The van der Waals surface area contributed by atoms with E-state index >= 15 is 0 Å². The fourth-order valence-electron chi connectivity index (χ4n) is 2.90. The Kier molecular flexibility index (Phi) is 4.63. The third-order valence-electron chi connectivity index (χ3n) is 4.27. The van der Waals surface area contributed by atoms with E-state index in [1.165, 1.54) is 35.3 Å². The zero-order valence-corrected chi connectivity index (χ0v) is 14.6. The number of hydrogen-bond acceptors (Lipinski definition) is 6. The van der Waals surface area contributed by atoms with E-state index < -0.39 is 10.8 Å². The molecule has 2 heterocycles. The summed E-state index contributed by atoms with van der Waals surface area (Å²) in [4.78, 5) is 27.2. The number of rotatable bonds is 5. The van der Waals surface area contributed by atoms with Gasteiger partial charge in [0.25, 0.3) is 11.6 Å². The number of nitro groups is 1. The number of imidazole rings is 1. The molecule has 2 aromatic carbocycles.